The van der Waals surface area contributed by atoms with Crippen LogP contribution >= 0.6 is 0 Å². The molecule has 1 amide bonds. The lowest BCUT2D eigenvalue weighted by molar-refractivity contribution is 0.0692. The van der Waals surface area contributed by atoms with Crippen molar-refractivity contribution in [3.05, 3.63) is 65.7 Å². The third-order valence-electron chi connectivity index (χ3n) is 4.50. The summed E-state index contributed by atoms with van der Waals surface area (Å²) < 4.78 is 28.3. The van der Waals surface area contributed by atoms with Crippen molar-refractivity contribution in [3.8, 4) is 0 Å². The van der Waals surface area contributed by atoms with Gasteiger partial charge in [0.25, 0.3) is 15.9 Å². The first-order chi connectivity index (χ1) is 12.1. The first-order valence-electron chi connectivity index (χ1n) is 8.10. The normalized spacial score (nSPS) is 18.6. The van der Waals surface area contributed by atoms with Gasteiger partial charge in [-0.3, -0.25) is 4.79 Å². The average Bonchev–Trinajstić information content (AvgIpc) is 2.94. The van der Waals surface area contributed by atoms with Gasteiger partial charge >= 0.3 is 0 Å². The molecule has 0 unspecified atom stereocenters. The second-order valence-electron chi connectivity index (χ2n) is 6.03. The molecule has 7 heteroatoms. The van der Waals surface area contributed by atoms with Crippen LogP contribution in [0.25, 0.3) is 0 Å². The van der Waals surface area contributed by atoms with Crippen molar-refractivity contribution in [1.82, 2.24) is 9.80 Å². The summed E-state index contributed by atoms with van der Waals surface area (Å²) in [5, 5.41) is 0. The number of hydrogen-bond donors (Lipinski definition) is 0. The molecule has 0 N–H and O–H groups in total. The number of hydrogen-bond acceptors (Lipinski definition) is 4. The highest BCUT2D eigenvalue weighted by Gasteiger charge is 2.33. The molecule has 2 aliphatic heterocycles. The Morgan fingerprint density at radius 2 is 1.52 bits per heavy atom. The summed E-state index contributed by atoms with van der Waals surface area (Å²) in [6.07, 6.45) is 0. The minimum atomic E-state index is -3.61. The predicted octanol–water partition coefficient (Wildman–Crippen LogP) is 1.59. The van der Waals surface area contributed by atoms with Gasteiger partial charge in [-0.15, -0.1) is 4.40 Å². The van der Waals surface area contributed by atoms with Gasteiger partial charge in [0.05, 0.1) is 0 Å². The molecule has 25 heavy (non-hydrogen) atoms. The Bertz CT molecular complexity index is 947. The Kier molecular flexibility index (Phi) is 3.80. The number of piperazine rings is 1. The summed E-state index contributed by atoms with van der Waals surface area (Å²) in [4.78, 5) is 16.5. The number of benzene rings is 2. The molecule has 2 aromatic rings. The van der Waals surface area contributed by atoms with Crippen molar-refractivity contribution in [3.63, 3.8) is 0 Å². The molecule has 0 aromatic heterocycles. The molecule has 0 aliphatic carbocycles. The number of carbonyl (C=O) groups is 1. The smallest absolute Gasteiger partial charge is 0.285 e. The van der Waals surface area contributed by atoms with Crippen molar-refractivity contribution in [1.29, 1.82) is 0 Å². The van der Waals surface area contributed by atoms with E-state index >= 15 is 0 Å². The van der Waals surface area contributed by atoms with E-state index in [-0.39, 0.29) is 10.8 Å². The second kappa shape index (κ2) is 6.00. The lowest BCUT2D eigenvalue weighted by Gasteiger charge is -2.35. The quantitative estimate of drug-likeness (QED) is 0.779. The molecule has 1 fully saturated rings. The highest BCUT2D eigenvalue weighted by atomic mass is 32.2. The monoisotopic (exact) mass is 355 g/mol. The largest absolute Gasteiger partial charge is 0.352 e. The zero-order valence-corrected chi connectivity index (χ0v) is 14.3. The zero-order chi connectivity index (χ0) is 17.4. The molecule has 0 bridgehead atoms. The highest BCUT2D eigenvalue weighted by molar-refractivity contribution is 7.90. The summed E-state index contributed by atoms with van der Waals surface area (Å²) >= 11 is 0. The summed E-state index contributed by atoms with van der Waals surface area (Å²) in [6, 6.07) is 16.0. The van der Waals surface area contributed by atoms with E-state index in [1.165, 1.54) is 0 Å². The molecule has 0 radical (unpaired) electrons. The van der Waals surface area contributed by atoms with Gasteiger partial charge in [-0.05, 0) is 24.3 Å². The first-order valence-corrected chi connectivity index (χ1v) is 9.54. The number of amidine groups is 1. The lowest BCUT2D eigenvalue weighted by Crippen LogP contribution is -2.50. The number of fused-ring (bicyclic) bond motifs is 1. The Morgan fingerprint density at radius 3 is 2.24 bits per heavy atom. The molecule has 0 spiro atoms. The molecule has 2 aromatic carbocycles. The van der Waals surface area contributed by atoms with Gasteiger partial charge in [0.2, 0.25) is 0 Å². The van der Waals surface area contributed by atoms with E-state index in [0.29, 0.717) is 43.1 Å². The minimum absolute atomic E-state index is 0.00151. The number of sulfonamides is 1. The summed E-state index contributed by atoms with van der Waals surface area (Å²) in [5.74, 6) is 0.490. The summed E-state index contributed by atoms with van der Waals surface area (Å²) in [6.45, 7) is 2.19. The Labute approximate surface area is 146 Å². The van der Waals surface area contributed by atoms with Crippen LogP contribution in [0.5, 0.6) is 0 Å². The molecular weight excluding hydrogens is 338 g/mol. The van der Waals surface area contributed by atoms with Crippen molar-refractivity contribution in [2.24, 2.45) is 4.40 Å². The summed E-state index contributed by atoms with van der Waals surface area (Å²) in [7, 11) is -3.61. The van der Waals surface area contributed by atoms with E-state index in [9.17, 15) is 13.2 Å². The molecule has 0 atom stereocenters. The Balaban J connectivity index is 1.51. The fourth-order valence-corrected chi connectivity index (χ4v) is 4.43. The Hall–Kier alpha value is -2.67. The van der Waals surface area contributed by atoms with Crippen LogP contribution in [0.3, 0.4) is 0 Å². The number of rotatable bonds is 1. The molecule has 2 aliphatic rings. The van der Waals surface area contributed by atoms with Gasteiger partial charge in [0, 0.05) is 37.3 Å². The average molecular weight is 355 g/mol. The van der Waals surface area contributed by atoms with Gasteiger partial charge in [-0.2, -0.15) is 8.42 Å². The van der Waals surface area contributed by atoms with Crippen molar-refractivity contribution >= 4 is 21.8 Å². The third kappa shape index (κ3) is 2.80. The first kappa shape index (κ1) is 15.8. The maximum absolute atomic E-state index is 12.5. The van der Waals surface area contributed by atoms with Crippen LogP contribution in [0.1, 0.15) is 15.9 Å². The second-order valence-corrected chi connectivity index (χ2v) is 7.60. The zero-order valence-electron chi connectivity index (χ0n) is 13.5. The van der Waals surface area contributed by atoms with Crippen LogP contribution in [-0.4, -0.2) is 56.1 Å². The van der Waals surface area contributed by atoms with E-state index in [0.717, 1.165) is 0 Å². The molecule has 1 saturated heterocycles. The maximum Gasteiger partial charge on any atom is 0.285 e. The van der Waals surface area contributed by atoms with Crippen LogP contribution in [0.15, 0.2) is 63.9 Å². The number of amides is 1. The van der Waals surface area contributed by atoms with E-state index < -0.39 is 10.0 Å². The summed E-state index contributed by atoms with van der Waals surface area (Å²) in [5.41, 5.74) is 1.31. The van der Waals surface area contributed by atoms with Crippen LogP contribution in [0, 0.1) is 0 Å². The SMILES string of the molecule is O=C(c1ccccc1)N1CCN(C2=NS(=O)(=O)c3ccccc32)CC1. The van der Waals surface area contributed by atoms with E-state index in [4.69, 9.17) is 0 Å². The third-order valence-corrected chi connectivity index (χ3v) is 5.82. The lowest BCUT2D eigenvalue weighted by atomic mass is 10.1. The van der Waals surface area contributed by atoms with Crippen molar-refractivity contribution in [2.75, 3.05) is 26.2 Å². The van der Waals surface area contributed by atoms with Gasteiger partial charge in [0.15, 0.2) is 5.84 Å². The number of nitrogens with zero attached hydrogens (tertiary/aromatic N) is 3. The Morgan fingerprint density at radius 1 is 0.880 bits per heavy atom. The van der Waals surface area contributed by atoms with Crippen LogP contribution < -0.4 is 0 Å². The minimum Gasteiger partial charge on any atom is -0.352 e. The highest BCUT2D eigenvalue weighted by Crippen LogP contribution is 2.27. The number of carbonyl (C=O) groups excluding carboxylic acids is 1. The van der Waals surface area contributed by atoms with E-state index in [1.54, 1.807) is 35.2 Å². The molecule has 128 valence electrons. The van der Waals surface area contributed by atoms with Crippen LogP contribution in [0.2, 0.25) is 0 Å². The maximum atomic E-state index is 12.5. The predicted molar refractivity (Wildman–Crippen MR) is 94.1 cm³/mol. The van der Waals surface area contributed by atoms with Gasteiger partial charge in [0.1, 0.15) is 4.90 Å². The molecule has 0 saturated carbocycles. The molecule has 6 nitrogen and oxygen atoms in total. The van der Waals surface area contributed by atoms with Gasteiger partial charge in [-0.25, -0.2) is 0 Å². The van der Waals surface area contributed by atoms with Crippen LogP contribution in [0.4, 0.5) is 0 Å². The van der Waals surface area contributed by atoms with Crippen molar-refractivity contribution < 1.29 is 13.2 Å². The van der Waals surface area contributed by atoms with E-state index in [2.05, 4.69) is 4.40 Å². The molecule has 2 heterocycles. The fraction of sp³-hybridized carbons (Fsp3) is 0.222. The van der Waals surface area contributed by atoms with Crippen molar-refractivity contribution in [2.45, 2.75) is 4.90 Å². The van der Waals surface area contributed by atoms with Gasteiger partial charge < -0.3 is 9.80 Å². The molecule has 4 rings (SSSR count). The van der Waals surface area contributed by atoms with Gasteiger partial charge in [-0.1, -0.05) is 30.3 Å². The van der Waals surface area contributed by atoms with Crippen LogP contribution in [-0.2, 0) is 10.0 Å². The standard InChI is InChI=1S/C18H17N3O3S/c22-18(14-6-2-1-3-7-14)21-12-10-20(11-13-21)17-15-8-4-5-9-16(15)25(23,24)19-17/h1-9H,10-13H2. The molecular formula is C18H17N3O3S. The fourth-order valence-electron chi connectivity index (χ4n) is 3.20. The van der Waals surface area contributed by atoms with E-state index in [1.807, 2.05) is 29.2 Å². The topological polar surface area (TPSA) is 70.1 Å².